The maximum Gasteiger partial charge on any atom is 0.131 e. The van der Waals surface area contributed by atoms with Gasteiger partial charge in [-0.25, -0.2) is 4.98 Å². The van der Waals surface area contributed by atoms with Crippen LogP contribution in [0.25, 0.3) is 0 Å². The summed E-state index contributed by atoms with van der Waals surface area (Å²) in [5.74, 6) is 0.783. The van der Waals surface area contributed by atoms with Crippen molar-refractivity contribution in [3.8, 4) is 0 Å². The largest absolute Gasteiger partial charge is 0.396 e. The Morgan fingerprint density at radius 1 is 1.38 bits per heavy atom. The molecule has 0 amide bonds. The topological polar surface area (TPSA) is 45.1 Å². The number of rotatable bonds is 5. The molecule has 0 unspecified atom stereocenters. The van der Waals surface area contributed by atoms with Gasteiger partial charge in [-0.3, -0.25) is 0 Å². The summed E-state index contributed by atoms with van der Waals surface area (Å²) in [6.07, 6.45) is 1.75. The first-order valence-electron chi connectivity index (χ1n) is 4.30. The van der Waals surface area contributed by atoms with Crippen LogP contribution in [-0.4, -0.2) is 23.2 Å². The van der Waals surface area contributed by atoms with Gasteiger partial charge in [-0.05, 0) is 25.0 Å². The summed E-state index contributed by atoms with van der Waals surface area (Å²) >= 11 is 5.69. The van der Waals surface area contributed by atoms with Crippen molar-refractivity contribution < 1.29 is 5.11 Å². The van der Waals surface area contributed by atoms with Crippen LogP contribution in [-0.2, 0) is 0 Å². The molecule has 1 aromatic rings. The standard InChI is InChI=1S/C9H13ClN2O/c10-8-4-3-5-9(12-8)11-6-1-2-7-13/h3-5,13H,1-2,6-7H2,(H,11,12). The molecule has 1 heterocycles. The van der Waals surface area contributed by atoms with Gasteiger partial charge in [0.2, 0.25) is 0 Å². The molecule has 2 N–H and O–H groups in total. The van der Waals surface area contributed by atoms with Crippen molar-refractivity contribution in [3.63, 3.8) is 0 Å². The van der Waals surface area contributed by atoms with Gasteiger partial charge in [0.05, 0.1) is 0 Å². The van der Waals surface area contributed by atoms with Crippen LogP contribution in [0.1, 0.15) is 12.8 Å². The van der Waals surface area contributed by atoms with Gasteiger partial charge in [-0.1, -0.05) is 17.7 Å². The van der Waals surface area contributed by atoms with Crippen LogP contribution in [0.15, 0.2) is 18.2 Å². The number of nitrogens with zero attached hydrogens (tertiary/aromatic N) is 1. The van der Waals surface area contributed by atoms with E-state index in [4.69, 9.17) is 16.7 Å². The van der Waals surface area contributed by atoms with E-state index in [0.717, 1.165) is 25.2 Å². The molecule has 0 spiro atoms. The van der Waals surface area contributed by atoms with E-state index in [9.17, 15) is 0 Å². The lowest BCUT2D eigenvalue weighted by Gasteiger charge is -2.04. The van der Waals surface area contributed by atoms with Crippen LogP contribution in [0.5, 0.6) is 0 Å². The Balaban J connectivity index is 2.28. The molecule has 0 atom stereocenters. The number of aromatic nitrogens is 1. The van der Waals surface area contributed by atoms with Gasteiger partial charge in [0.25, 0.3) is 0 Å². The Labute approximate surface area is 82.8 Å². The minimum atomic E-state index is 0.241. The normalized spacial score (nSPS) is 10.0. The lowest BCUT2D eigenvalue weighted by molar-refractivity contribution is 0.286. The monoisotopic (exact) mass is 200 g/mol. The van der Waals surface area contributed by atoms with Crippen molar-refractivity contribution in [2.24, 2.45) is 0 Å². The van der Waals surface area contributed by atoms with Gasteiger partial charge in [-0.15, -0.1) is 0 Å². The summed E-state index contributed by atoms with van der Waals surface area (Å²) in [6.45, 7) is 1.05. The SMILES string of the molecule is OCCCCNc1cccc(Cl)n1. The average Bonchev–Trinajstić information content (AvgIpc) is 2.13. The molecule has 0 saturated heterocycles. The van der Waals surface area contributed by atoms with E-state index in [2.05, 4.69) is 10.3 Å². The van der Waals surface area contributed by atoms with Crippen molar-refractivity contribution in [2.75, 3.05) is 18.5 Å². The van der Waals surface area contributed by atoms with Crippen LogP contribution in [0.3, 0.4) is 0 Å². The van der Waals surface area contributed by atoms with Crippen molar-refractivity contribution in [1.82, 2.24) is 4.98 Å². The smallest absolute Gasteiger partial charge is 0.131 e. The molecule has 0 aliphatic heterocycles. The molecule has 1 rings (SSSR count). The van der Waals surface area contributed by atoms with E-state index < -0.39 is 0 Å². The fourth-order valence-corrected chi connectivity index (χ4v) is 1.12. The van der Waals surface area contributed by atoms with Gasteiger partial charge in [0.15, 0.2) is 0 Å². The zero-order valence-electron chi connectivity index (χ0n) is 7.33. The fourth-order valence-electron chi connectivity index (χ4n) is 0.960. The molecule has 13 heavy (non-hydrogen) atoms. The number of pyridine rings is 1. The van der Waals surface area contributed by atoms with Gasteiger partial charge >= 0.3 is 0 Å². The van der Waals surface area contributed by atoms with Crippen molar-refractivity contribution in [2.45, 2.75) is 12.8 Å². The highest BCUT2D eigenvalue weighted by molar-refractivity contribution is 6.29. The highest BCUT2D eigenvalue weighted by Crippen LogP contribution is 2.08. The summed E-state index contributed by atoms with van der Waals surface area (Å²) in [5.41, 5.74) is 0. The molecular formula is C9H13ClN2O. The Morgan fingerprint density at radius 2 is 2.23 bits per heavy atom. The van der Waals surface area contributed by atoms with Crippen LogP contribution >= 0.6 is 11.6 Å². The van der Waals surface area contributed by atoms with Gasteiger partial charge in [-0.2, -0.15) is 0 Å². The second-order valence-corrected chi connectivity index (χ2v) is 3.09. The number of hydrogen-bond donors (Lipinski definition) is 2. The van der Waals surface area contributed by atoms with Crippen molar-refractivity contribution in [3.05, 3.63) is 23.4 Å². The average molecular weight is 201 g/mol. The molecule has 3 nitrogen and oxygen atoms in total. The predicted octanol–water partition coefficient (Wildman–Crippen LogP) is 1.92. The van der Waals surface area contributed by atoms with Gasteiger partial charge in [0.1, 0.15) is 11.0 Å². The molecule has 0 bridgehead atoms. The van der Waals surface area contributed by atoms with E-state index in [1.54, 1.807) is 6.07 Å². The number of anilines is 1. The van der Waals surface area contributed by atoms with E-state index in [1.165, 1.54) is 0 Å². The summed E-state index contributed by atoms with van der Waals surface area (Å²) in [4.78, 5) is 4.06. The molecule has 0 aliphatic carbocycles. The molecule has 72 valence electrons. The Morgan fingerprint density at radius 3 is 2.92 bits per heavy atom. The number of unbranched alkanes of at least 4 members (excludes halogenated alkanes) is 1. The second kappa shape index (κ2) is 5.78. The molecular weight excluding hydrogens is 188 g/mol. The number of hydrogen-bond acceptors (Lipinski definition) is 3. The Bertz CT molecular complexity index is 255. The van der Waals surface area contributed by atoms with E-state index in [0.29, 0.717) is 5.15 Å². The highest BCUT2D eigenvalue weighted by atomic mass is 35.5. The van der Waals surface area contributed by atoms with Crippen LogP contribution in [0.4, 0.5) is 5.82 Å². The Kier molecular flexibility index (Phi) is 4.57. The third kappa shape index (κ3) is 4.10. The predicted molar refractivity (Wildman–Crippen MR) is 54.1 cm³/mol. The summed E-state index contributed by atoms with van der Waals surface area (Å²) in [5, 5.41) is 12.1. The zero-order valence-corrected chi connectivity index (χ0v) is 8.09. The third-order valence-electron chi connectivity index (χ3n) is 1.61. The highest BCUT2D eigenvalue weighted by Gasteiger charge is 1.93. The Hall–Kier alpha value is -0.800. The first kappa shape index (κ1) is 10.3. The maximum atomic E-state index is 8.54. The summed E-state index contributed by atoms with van der Waals surface area (Å²) < 4.78 is 0. The molecule has 0 aliphatic rings. The lowest BCUT2D eigenvalue weighted by atomic mass is 10.3. The van der Waals surface area contributed by atoms with Crippen LogP contribution in [0, 0.1) is 0 Å². The van der Waals surface area contributed by atoms with Crippen molar-refractivity contribution >= 4 is 17.4 Å². The molecule has 4 heteroatoms. The van der Waals surface area contributed by atoms with Crippen LogP contribution in [0.2, 0.25) is 5.15 Å². The fraction of sp³-hybridized carbons (Fsp3) is 0.444. The minimum absolute atomic E-state index is 0.241. The lowest BCUT2D eigenvalue weighted by Crippen LogP contribution is -2.03. The molecule has 0 aromatic carbocycles. The molecule has 0 radical (unpaired) electrons. The maximum absolute atomic E-state index is 8.54. The van der Waals surface area contributed by atoms with E-state index in [-0.39, 0.29) is 6.61 Å². The van der Waals surface area contributed by atoms with Gasteiger partial charge < -0.3 is 10.4 Å². The number of nitrogens with one attached hydrogen (secondary N) is 1. The molecule has 1 aromatic heterocycles. The quantitative estimate of drug-likeness (QED) is 0.564. The molecule has 0 fully saturated rings. The molecule has 0 saturated carbocycles. The van der Waals surface area contributed by atoms with E-state index >= 15 is 0 Å². The number of aliphatic hydroxyl groups excluding tert-OH is 1. The summed E-state index contributed by atoms with van der Waals surface area (Å²) in [6, 6.07) is 5.45. The third-order valence-corrected chi connectivity index (χ3v) is 1.82. The number of aliphatic hydroxyl groups is 1. The van der Waals surface area contributed by atoms with Crippen molar-refractivity contribution in [1.29, 1.82) is 0 Å². The second-order valence-electron chi connectivity index (χ2n) is 2.70. The minimum Gasteiger partial charge on any atom is -0.396 e. The van der Waals surface area contributed by atoms with Crippen LogP contribution < -0.4 is 5.32 Å². The first-order valence-corrected chi connectivity index (χ1v) is 4.68. The number of halogens is 1. The van der Waals surface area contributed by atoms with E-state index in [1.807, 2.05) is 12.1 Å². The van der Waals surface area contributed by atoms with Gasteiger partial charge in [0, 0.05) is 13.2 Å². The zero-order chi connectivity index (χ0) is 9.52. The first-order chi connectivity index (χ1) is 6.33. The summed E-state index contributed by atoms with van der Waals surface area (Å²) in [7, 11) is 0.